The van der Waals surface area contributed by atoms with Crippen molar-refractivity contribution in [2.75, 3.05) is 12.7 Å². The second-order valence-corrected chi connectivity index (χ2v) is 13.1. The first-order valence-corrected chi connectivity index (χ1v) is 14.3. The Balaban J connectivity index is 1.38. The zero-order valence-corrected chi connectivity index (χ0v) is 20.0. The Hall–Kier alpha value is -2.30. The zero-order valence-electron chi connectivity index (χ0n) is 18.2. The fourth-order valence-electron chi connectivity index (χ4n) is 4.68. The molecule has 1 aliphatic heterocycles. The van der Waals surface area contributed by atoms with Gasteiger partial charge in [0.2, 0.25) is 0 Å². The predicted molar refractivity (Wildman–Crippen MR) is 143 cm³/mol. The van der Waals surface area contributed by atoms with Crippen molar-refractivity contribution in [3.05, 3.63) is 121 Å². The average Bonchev–Trinajstić information content (AvgIpc) is 3.33. The quantitative estimate of drug-likeness (QED) is 0.389. The van der Waals surface area contributed by atoms with Gasteiger partial charge in [0.1, 0.15) is 0 Å². The molecule has 1 aliphatic rings. The molecule has 1 fully saturated rings. The summed E-state index contributed by atoms with van der Waals surface area (Å²) in [6, 6.07) is 45.1. The van der Waals surface area contributed by atoms with Crippen molar-refractivity contribution in [3.63, 3.8) is 0 Å². The third-order valence-corrected chi connectivity index (χ3v) is 11.7. The van der Waals surface area contributed by atoms with Crippen LogP contribution in [0.1, 0.15) is 6.42 Å². The van der Waals surface area contributed by atoms with Gasteiger partial charge in [0, 0.05) is 18.2 Å². The van der Waals surface area contributed by atoms with Gasteiger partial charge in [-0.15, -0.1) is 0 Å². The molecule has 2 atom stereocenters. The van der Waals surface area contributed by atoms with E-state index in [1.165, 1.54) is 33.8 Å². The lowest BCUT2D eigenvalue weighted by Gasteiger charge is -2.26. The third-order valence-electron chi connectivity index (χ3n) is 6.17. The molecule has 1 heterocycles. The van der Waals surface area contributed by atoms with Crippen molar-refractivity contribution < 1.29 is 0 Å². The van der Waals surface area contributed by atoms with Gasteiger partial charge in [0.05, 0.1) is 0 Å². The third kappa shape index (κ3) is 5.02. The summed E-state index contributed by atoms with van der Waals surface area (Å²) in [4.78, 5) is 0. The second kappa shape index (κ2) is 10.5. The molecule has 4 aromatic carbocycles. The van der Waals surface area contributed by atoms with E-state index in [4.69, 9.17) is 0 Å². The Morgan fingerprint density at radius 3 is 1.41 bits per heavy atom. The van der Waals surface area contributed by atoms with Crippen LogP contribution in [0.4, 0.5) is 0 Å². The number of benzene rings is 4. The smallest absolute Gasteiger partial charge is 0.0119 e. The largest absolute Gasteiger partial charge is 0.313 e. The van der Waals surface area contributed by atoms with Gasteiger partial charge < -0.3 is 5.32 Å². The van der Waals surface area contributed by atoms with Crippen LogP contribution in [0.3, 0.4) is 0 Å². The highest BCUT2D eigenvalue weighted by atomic mass is 31.1. The number of hydrogen-bond acceptors (Lipinski definition) is 1. The van der Waals surface area contributed by atoms with Crippen molar-refractivity contribution in [2.24, 2.45) is 0 Å². The minimum atomic E-state index is -0.367. The number of hydrogen-bond donors (Lipinski definition) is 1. The van der Waals surface area contributed by atoms with Crippen LogP contribution in [0, 0.1) is 0 Å². The van der Waals surface area contributed by atoms with Crippen LogP contribution in [-0.4, -0.2) is 24.4 Å². The molecule has 4 aromatic rings. The van der Waals surface area contributed by atoms with Gasteiger partial charge in [-0.2, -0.15) is 0 Å². The lowest BCUT2D eigenvalue weighted by molar-refractivity contribution is 0.672. The maximum absolute atomic E-state index is 3.93. The fraction of sp³-hybridized carbons (Fsp3) is 0.172. The van der Waals surface area contributed by atoms with Gasteiger partial charge in [-0.1, -0.05) is 121 Å². The molecule has 3 heteroatoms. The van der Waals surface area contributed by atoms with Crippen molar-refractivity contribution in [1.82, 2.24) is 5.32 Å². The van der Waals surface area contributed by atoms with Gasteiger partial charge in [0.15, 0.2) is 0 Å². The summed E-state index contributed by atoms with van der Waals surface area (Å²) in [6.07, 6.45) is 2.45. The first kappa shape index (κ1) is 21.5. The van der Waals surface area contributed by atoms with E-state index in [9.17, 15) is 0 Å². The van der Waals surface area contributed by atoms with Gasteiger partial charge >= 0.3 is 0 Å². The Kier molecular flexibility index (Phi) is 7.10. The van der Waals surface area contributed by atoms with Crippen molar-refractivity contribution >= 4 is 37.1 Å². The molecular weight excluding hydrogens is 424 g/mol. The summed E-state index contributed by atoms with van der Waals surface area (Å²) < 4.78 is 0. The van der Waals surface area contributed by atoms with Gasteiger partial charge in [0.25, 0.3) is 0 Å². The number of nitrogens with one attached hydrogen (secondary N) is 1. The first-order chi connectivity index (χ1) is 15.9. The molecule has 160 valence electrons. The van der Waals surface area contributed by atoms with Crippen LogP contribution in [0.15, 0.2) is 121 Å². The van der Waals surface area contributed by atoms with E-state index in [-0.39, 0.29) is 15.8 Å². The van der Waals surface area contributed by atoms with E-state index in [0.717, 1.165) is 6.54 Å². The molecule has 1 nitrogen and oxygen atoms in total. The minimum Gasteiger partial charge on any atom is -0.313 e. The van der Waals surface area contributed by atoms with Crippen LogP contribution >= 0.6 is 15.8 Å². The zero-order chi connectivity index (χ0) is 21.6. The van der Waals surface area contributed by atoms with Crippen molar-refractivity contribution in [3.8, 4) is 0 Å². The molecule has 1 N–H and O–H groups in total. The van der Waals surface area contributed by atoms with Gasteiger partial charge in [-0.05, 0) is 49.6 Å². The maximum Gasteiger partial charge on any atom is 0.0119 e. The Labute approximate surface area is 194 Å². The summed E-state index contributed by atoms with van der Waals surface area (Å²) in [5.74, 6) is 0. The molecular formula is C29H29NP2. The molecule has 5 rings (SSSR count). The normalized spacial score (nSPS) is 18.3. The fourth-order valence-corrected chi connectivity index (χ4v) is 10.1. The van der Waals surface area contributed by atoms with E-state index in [1.807, 2.05) is 0 Å². The lowest BCUT2D eigenvalue weighted by atomic mass is 10.2. The molecule has 0 aromatic heterocycles. The highest BCUT2D eigenvalue weighted by Crippen LogP contribution is 2.45. The number of rotatable bonds is 7. The predicted octanol–water partition coefficient (Wildman–Crippen LogP) is 4.98. The summed E-state index contributed by atoms with van der Waals surface area (Å²) >= 11 is 0. The van der Waals surface area contributed by atoms with E-state index >= 15 is 0 Å². The Bertz CT molecular complexity index is 1010. The summed E-state index contributed by atoms with van der Waals surface area (Å²) in [5, 5.41) is 9.88. The highest BCUT2D eigenvalue weighted by molar-refractivity contribution is 7.74. The molecule has 0 amide bonds. The molecule has 1 saturated heterocycles. The lowest BCUT2D eigenvalue weighted by Crippen LogP contribution is -2.28. The standard InChI is InChI=1S/C29H29NP2/c1-5-13-25(14-6-1)31(26-15-7-2-8-16-26)23-24-21-29(22-30-24)32(27-17-9-3-10-18-27)28-19-11-4-12-20-28/h1-20,24,29-30H,21-23H2/t24?,29-/m0/s1. The van der Waals surface area contributed by atoms with Crippen LogP contribution in [0.5, 0.6) is 0 Å². The highest BCUT2D eigenvalue weighted by Gasteiger charge is 2.33. The molecule has 1 unspecified atom stereocenters. The average molecular weight is 454 g/mol. The van der Waals surface area contributed by atoms with Crippen LogP contribution in [0.25, 0.3) is 0 Å². The van der Waals surface area contributed by atoms with Crippen molar-refractivity contribution in [1.29, 1.82) is 0 Å². The molecule has 0 saturated carbocycles. The molecule has 32 heavy (non-hydrogen) atoms. The molecule has 0 radical (unpaired) electrons. The topological polar surface area (TPSA) is 12.0 Å². The summed E-state index contributed by atoms with van der Waals surface area (Å²) in [6.45, 7) is 1.10. The van der Waals surface area contributed by atoms with E-state index < -0.39 is 0 Å². The van der Waals surface area contributed by atoms with Gasteiger partial charge in [-0.3, -0.25) is 0 Å². The monoisotopic (exact) mass is 453 g/mol. The molecule has 0 bridgehead atoms. The van der Waals surface area contributed by atoms with E-state index in [1.54, 1.807) is 0 Å². The maximum atomic E-state index is 3.93. The van der Waals surface area contributed by atoms with Crippen LogP contribution in [-0.2, 0) is 0 Å². The van der Waals surface area contributed by atoms with Crippen LogP contribution < -0.4 is 26.5 Å². The SMILES string of the molecule is c1ccc(P(CC2C[C@H](P(c3ccccc3)c3ccccc3)CN2)c2ccccc2)cc1. The van der Waals surface area contributed by atoms with E-state index in [0.29, 0.717) is 11.7 Å². The summed E-state index contributed by atoms with van der Waals surface area (Å²) in [5.41, 5.74) is 0.670. The molecule has 0 spiro atoms. The Morgan fingerprint density at radius 2 is 0.969 bits per heavy atom. The molecule has 0 aliphatic carbocycles. The van der Waals surface area contributed by atoms with Crippen molar-refractivity contribution in [2.45, 2.75) is 18.1 Å². The minimum absolute atomic E-state index is 0.364. The van der Waals surface area contributed by atoms with Crippen LogP contribution in [0.2, 0.25) is 0 Å². The summed E-state index contributed by atoms with van der Waals surface area (Å²) in [7, 11) is -0.731. The van der Waals surface area contributed by atoms with Gasteiger partial charge in [-0.25, -0.2) is 0 Å². The second-order valence-electron chi connectivity index (χ2n) is 8.32. The first-order valence-electron chi connectivity index (χ1n) is 11.4. The van der Waals surface area contributed by atoms with E-state index in [2.05, 4.69) is 127 Å². The Morgan fingerprint density at radius 1 is 0.562 bits per heavy atom.